The maximum Gasteiger partial charge on any atom is 0.251 e. The monoisotopic (exact) mass is 283 g/mol. The van der Waals surface area contributed by atoms with E-state index in [2.05, 4.69) is 5.32 Å². The Labute approximate surface area is 114 Å². The lowest BCUT2D eigenvalue weighted by atomic mass is 9.97. The Hall–Kier alpha value is -2.02. The second-order valence-corrected chi connectivity index (χ2v) is 5.10. The highest BCUT2D eigenvalue weighted by atomic mass is 19.2. The fraction of sp³-hybridized carbons (Fsp3) is 0.385. The molecule has 0 saturated carbocycles. The smallest absolute Gasteiger partial charge is 0.251 e. The minimum absolute atomic E-state index is 0.0387. The Morgan fingerprint density at radius 3 is 2.55 bits per heavy atom. The lowest BCUT2D eigenvalue weighted by molar-refractivity contribution is -0.135. The van der Waals surface area contributed by atoms with E-state index in [0.29, 0.717) is 0 Å². The van der Waals surface area contributed by atoms with Crippen LogP contribution in [0.1, 0.15) is 19.4 Å². The summed E-state index contributed by atoms with van der Waals surface area (Å²) in [5, 5.41) is 2.17. The van der Waals surface area contributed by atoms with Crippen LogP contribution in [0.25, 0.3) is 0 Å². The van der Waals surface area contributed by atoms with E-state index in [1.54, 1.807) is 0 Å². The van der Waals surface area contributed by atoms with E-state index in [1.165, 1.54) is 30.9 Å². The van der Waals surface area contributed by atoms with E-state index in [1.807, 2.05) is 0 Å². The first-order valence-electron chi connectivity index (χ1n) is 6.08. The molecule has 7 heteroatoms. The molecule has 2 amide bonds. The van der Waals surface area contributed by atoms with Crippen molar-refractivity contribution in [1.82, 2.24) is 5.32 Å². The van der Waals surface area contributed by atoms with Crippen molar-refractivity contribution in [3.63, 3.8) is 0 Å². The molecule has 1 aromatic rings. The first-order chi connectivity index (χ1) is 9.28. The van der Waals surface area contributed by atoms with E-state index >= 15 is 0 Å². The number of imide groups is 1. The van der Waals surface area contributed by atoms with Gasteiger partial charge in [-0.3, -0.25) is 14.9 Å². The minimum Gasteiger partial charge on any atom is -0.346 e. The van der Waals surface area contributed by atoms with Gasteiger partial charge in [0.05, 0.1) is 12.2 Å². The highest BCUT2D eigenvalue weighted by Crippen LogP contribution is 2.31. The number of nitrogens with zero attached hydrogens (tertiary/aromatic N) is 1. The molecular formula is C13H15F2N3O2. The zero-order chi connectivity index (χ0) is 15.1. The maximum absolute atomic E-state index is 14.1. The number of carbonyl (C=O) groups excluding carboxylic acids is 2. The number of halogens is 2. The van der Waals surface area contributed by atoms with Crippen LogP contribution in [0, 0.1) is 11.6 Å². The molecular weight excluding hydrogens is 268 g/mol. The number of carbonyl (C=O) groups is 2. The summed E-state index contributed by atoms with van der Waals surface area (Å²) in [6.07, 6.45) is 0. The fourth-order valence-corrected chi connectivity index (χ4v) is 2.11. The van der Waals surface area contributed by atoms with E-state index < -0.39 is 29.0 Å². The fourth-order valence-electron chi connectivity index (χ4n) is 2.11. The van der Waals surface area contributed by atoms with Gasteiger partial charge in [0.2, 0.25) is 5.91 Å². The van der Waals surface area contributed by atoms with Crippen LogP contribution in [0.15, 0.2) is 12.1 Å². The van der Waals surface area contributed by atoms with Crippen LogP contribution in [0.4, 0.5) is 14.5 Å². The number of hydrogen-bond donors (Lipinski definition) is 2. The van der Waals surface area contributed by atoms with Crippen LogP contribution in [-0.2, 0) is 16.1 Å². The Balaban J connectivity index is 2.52. The largest absolute Gasteiger partial charge is 0.346 e. The third kappa shape index (κ3) is 2.14. The van der Waals surface area contributed by atoms with Crippen LogP contribution in [0.2, 0.25) is 0 Å². The molecule has 1 saturated heterocycles. The van der Waals surface area contributed by atoms with Gasteiger partial charge in [-0.25, -0.2) is 8.78 Å². The molecule has 5 nitrogen and oxygen atoms in total. The Kier molecular flexibility index (Phi) is 3.47. The molecule has 0 aliphatic carbocycles. The van der Waals surface area contributed by atoms with Crippen LogP contribution in [0.5, 0.6) is 0 Å². The predicted molar refractivity (Wildman–Crippen MR) is 68.8 cm³/mol. The summed E-state index contributed by atoms with van der Waals surface area (Å²) in [7, 11) is 0. The molecule has 1 fully saturated rings. The Morgan fingerprint density at radius 1 is 1.30 bits per heavy atom. The van der Waals surface area contributed by atoms with Gasteiger partial charge in [0, 0.05) is 12.1 Å². The lowest BCUT2D eigenvalue weighted by Crippen LogP contribution is -2.64. The zero-order valence-corrected chi connectivity index (χ0v) is 11.2. The number of piperazine rings is 1. The summed E-state index contributed by atoms with van der Waals surface area (Å²) < 4.78 is 27.9. The van der Waals surface area contributed by atoms with Gasteiger partial charge in [-0.05, 0) is 19.9 Å². The average Bonchev–Trinajstić information content (AvgIpc) is 2.38. The van der Waals surface area contributed by atoms with Gasteiger partial charge >= 0.3 is 0 Å². The second kappa shape index (κ2) is 4.82. The first kappa shape index (κ1) is 14.4. The van der Waals surface area contributed by atoms with Crippen LogP contribution in [0.3, 0.4) is 0 Å². The quantitative estimate of drug-likeness (QED) is 0.782. The molecule has 0 radical (unpaired) electrons. The topological polar surface area (TPSA) is 75.4 Å². The molecule has 0 aromatic heterocycles. The highest BCUT2D eigenvalue weighted by molar-refractivity contribution is 6.06. The van der Waals surface area contributed by atoms with Crippen LogP contribution in [-0.4, -0.2) is 23.9 Å². The number of anilines is 1. The van der Waals surface area contributed by atoms with Crippen LogP contribution < -0.4 is 16.0 Å². The van der Waals surface area contributed by atoms with E-state index in [4.69, 9.17) is 5.73 Å². The van der Waals surface area contributed by atoms with E-state index in [9.17, 15) is 18.4 Å². The third-order valence-corrected chi connectivity index (χ3v) is 3.44. The lowest BCUT2D eigenvalue weighted by Gasteiger charge is -2.41. The molecule has 0 atom stereocenters. The van der Waals surface area contributed by atoms with Gasteiger partial charge in [-0.1, -0.05) is 6.07 Å². The van der Waals surface area contributed by atoms with Gasteiger partial charge in [0.15, 0.2) is 11.6 Å². The van der Waals surface area contributed by atoms with Crippen molar-refractivity contribution in [3.8, 4) is 0 Å². The molecule has 3 N–H and O–H groups in total. The van der Waals surface area contributed by atoms with E-state index in [0.717, 1.165) is 0 Å². The van der Waals surface area contributed by atoms with Gasteiger partial charge in [-0.15, -0.1) is 0 Å². The summed E-state index contributed by atoms with van der Waals surface area (Å²) >= 11 is 0. The van der Waals surface area contributed by atoms with Crippen molar-refractivity contribution in [2.24, 2.45) is 5.73 Å². The molecule has 0 unspecified atom stereocenters. The normalized spacial score (nSPS) is 18.1. The second-order valence-electron chi connectivity index (χ2n) is 5.10. The highest BCUT2D eigenvalue weighted by Gasteiger charge is 2.42. The summed E-state index contributed by atoms with van der Waals surface area (Å²) in [4.78, 5) is 24.5. The molecule has 1 aliphatic rings. The average molecular weight is 283 g/mol. The van der Waals surface area contributed by atoms with Crippen molar-refractivity contribution >= 4 is 17.5 Å². The Bertz CT molecular complexity index is 587. The third-order valence-electron chi connectivity index (χ3n) is 3.44. The molecule has 108 valence electrons. The van der Waals surface area contributed by atoms with Crippen molar-refractivity contribution in [2.75, 3.05) is 11.4 Å². The first-order valence-corrected chi connectivity index (χ1v) is 6.08. The predicted octanol–water partition coefficient (Wildman–Crippen LogP) is 0.665. The van der Waals surface area contributed by atoms with E-state index in [-0.39, 0.29) is 24.3 Å². The molecule has 20 heavy (non-hydrogen) atoms. The SMILES string of the molecule is CC1(C)C(=O)NC(=O)CN1c1ccc(CN)c(F)c1F. The molecule has 1 heterocycles. The molecule has 0 spiro atoms. The minimum atomic E-state index is -1.16. The number of benzene rings is 1. The summed E-state index contributed by atoms with van der Waals surface area (Å²) in [5.74, 6) is -3.28. The van der Waals surface area contributed by atoms with Crippen molar-refractivity contribution in [3.05, 3.63) is 29.3 Å². The number of rotatable bonds is 2. The summed E-state index contributed by atoms with van der Waals surface area (Å²) in [6.45, 7) is 2.70. The number of nitrogens with two attached hydrogens (primary N) is 1. The Morgan fingerprint density at radius 2 is 1.95 bits per heavy atom. The molecule has 1 aromatic carbocycles. The number of amides is 2. The van der Waals surface area contributed by atoms with Gasteiger partial charge in [0.1, 0.15) is 5.54 Å². The standard InChI is InChI=1S/C13H15F2N3O2/c1-13(2)12(20)17-9(19)6-18(13)8-4-3-7(5-16)10(14)11(8)15/h3-4H,5-6,16H2,1-2H3,(H,17,19,20). The van der Waals surface area contributed by atoms with Crippen molar-refractivity contribution in [1.29, 1.82) is 0 Å². The van der Waals surface area contributed by atoms with Gasteiger partial charge < -0.3 is 10.6 Å². The van der Waals surface area contributed by atoms with Crippen molar-refractivity contribution < 1.29 is 18.4 Å². The molecule has 0 bridgehead atoms. The van der Waals surface area contributed by atoms with Crippen molar-refractivity contribution in [2.45, 2.75) is 25.9 Å². The van der Waals surface area contributed by atoms with Crippen LogP contribution >= 0.6 is 0 Å². The zero-order valence-electron chi connectivity index (χ0n) is 11.2. The van der Waals surface area contributed by atoms with Gasteiger partial charge in [-0.2, -0.15) is 0 Å². The number of nitrogens with one attached hydrogen (secondary N) is 1. The van der Waals surface area contributed by atoms with Gasteiger partial charge in [0.25, 0.3) is 5.91 Å². The molecule has 2 rings (SSSR count). The number of hydrogen-bond acceptors (Lipinski definition) is 4. The summed E-state index contributed by atoms with van der Waals surface area (Å²) in [5.41, 5.74) is 4.05. The summed E-state index contributed by atoms with van der Waals surface area (Å²) in [6, 6.07) is 2.68. The maximum atomic E-state index is 14.1. The molecule has 1 aliphatic heterocycles.